The third kappa shape index (κ3) is 1.28. The SMILES string of the molecule is O=CNc1c2c(cc3c1CCC3)CCC2. The molecule has 0 saturated heterocycles. The maximum Gasteiger partial charge on any atom is 0.211 e. The highest BCUT2D eigenvalue weighted by Gasteiger charge is 2.23. The Morgan fingerprint density at radius 1 is 1.00 bits per heavy atom. The number of carbonyl (C=O) groups is 1. The molecule has 1 N–H and O–H groups in total. The topological polar surface area (TPSA) is 29.1 Å². The normalized spacial score (nSPS) is 17.3. The summed E-state index contributed by atoms with van der Waals surface area (Å²) < 4.78 is 0. The standard InChI is InChI=1S/C13H15NO/c15-8-14-13-11-5-1-3-9(11)7-10-4-2-6-12(10)13/h7-8H,1-6H2,(H,14,15). The number of nitrogens with one attached hydrogen (secondary N) is 1. The number of aryl methyl sites for hydroxylation is 2. The number of hydrogen-bond donors (Lipinski definition) is 1. The molecule has 78 valence electrons. The Kier molecular flexibility index (Phi) is 2.01. The van der Waals surface area contributed by atoms with Gasteiger partial charge in [0.1, 0.15) is 0 Å². The van der Waals surface area contributed by atoms with Crippen molar-refractivity contribution in [2.24, 2.45) is 0 Å². The molecule has 0 saturated carbocycles. The number of amides is 1. The van der Waals surface area contributed by atoms with Gasteiger partial charge in [-0.2, -0.15) is 0 Å². The van der Waals surface area contributed by atoms with Crippen molar-refractivity contribution in [3.8, 4) is 0 Å². The number of carbonyl (C=O) groups excluding carboxylic acids is 1. The van der Waals surface area contributed by atoms with E-state index in [1.54, 1.807) is 0 Å². The van der Waals surface area contributed by atoms with Crippen LogP contribution < -0.4 is 5.32 Å². The first-order valence-corrected chi connectivity index (χ1v) is 5.77. The average Bonchev–Trinajstić information content (AvgIpc) is 2.84. The molecule has 1 amide bonds. The molecular formula is C13H15NO. The van der Waals surface area contributed by atoms with Gasteiger partial charge in [0.25, 0.3) is 0 Å². The van der Waals surface area contributed by atoms with Crippen LogP contribution in [0.4, 0.5) is 5.69 Å². The van der Waals surface area contributed by atoms with Crippen molar-refractivity contribution in [1.29, 1.82) is 0 Å². The lowest BCUT2D eigenvalue weighted by atomic mass is 9.99. The summed E-state index contributed by atoms with van der Waals surface area (Å²) in [5.74, 6) is 0. The van der Waals surface area contributed by atoms with Crippen LogP contribution in [0.3, 0.4) is 0 Å². The van der Waals surface area contributed by atoms with Crippen molar-refractivity contribution in [1.82, 2.24) is 0 Å². The summed E-state index contributed by atoms with van der Waals surface area (Å²) in [6.45, 7) is 0. The predicted octanol–water partition coefficient (Wildman–Crippen LogP) is 2.23. The molecule has 0 aliphatic heterocycles. The third-order valence-corrected chi connectivity index (χ3v) is 3.68. The van der Waals surface area contributed by atoms with E-state index >= 15 is 0 Å². The molecular weight excluding hydrogens is 186 g/mol. The Bertz CT molecular complexity index is 391. The Morgan fingerprint density at radius 3 is 2.13 bits per heavy atom. The summed E-state index contributed by atoms with van der Waals surface area (Å²) in [6, 6.07) is 2.38. The fourth-order valence-corrected chi connectivity index (χ4v) is 3.05. The maximum atomic E-state index is 10.7. The maximum absolute atomic E-state index is 10.7. The van der Waals surface area contributed by atoms with Crippen molar-refractivity contribution < 1.29 is 4.79 Å². The lowest BCUT2D eigenvalue weighted by molar-refractivity contribution is -0.105. The molecule has 0 atom stereocenters. The molecule has 1 aromatic carbocycles. The van der Waals surface area contributed by atoms with E-state index in [4.69, 9.17) is 0 Å². The summed E-state index contributed by atoms with van der Waals surface area (Å²) in [7, 11) is 0. The summed E-state index contributed by atoms with van der Waals surface area (Å²) in [5, 5.41) is 2.93. The molecule has 2 heteroatoms. The van der Waals surface area contributed by atoms with Crippen molar-refractivity contribution in [2.75, 3.05) is 5.32 Å². The predicted molar refractivity (Wildman–Crippen MR) is 60.2 cm³/mol. The van der Waals surface area contributed by atoms with Gasteiger partial charge in [0, 0.05) is 5.69 Å². The summed E-state index contributed by atoms with van der Waals surface area (Å²) >= 11 is 0. The first kappa shape index (κ1) is 8.96. The molecule has 0 bridgehead atoms. The van der Waals surface area contributed by atoms with E-state index in [-0.39, 0.29) is 0 Å². The van der Waals surface area contributed by atoms with Gasteiger partial charge in [0.15, 0.2) is 0 Å². The smallest absolute Gasteiger partial charge is 0.211 e. The van der Waals surface area contributed by atoms with Gasteiger partial charge in [-0.3, -0.25) is 4.79 Å². The van der Waals surface area contributed by atoms with Crippen molar-refractivity contribution in [3.63, 3.8) is 0 Å². The van der Waals surface area contributed by atoms with Gasteiger partial charge in [-0.15, -0.1) is 0 Å². The highest BCUT2D eigenvalue weighted by molar-refractivity contribution is 5.78. The molecule has 0 heterocycles. The summed E-state index contributed by atoms with van der Waals surface area (Å²) in [4.78, 5) is 10.7. The van der Waals surface area contributed by atoms with E-state index in [1.165, 1.54) is 47.9 Å². The van der Waals surface area contributed by atoms with Crippen LogP contribution in [0.2, 0.25) is 0 Å². The number of hydrogen-bond acceptors (Lipinski definition) is 1. The number of anilines is 1. The van der Waals surface area contributed by atoms with Crippen LogP contribution in [0.25, 0.3) is 0 Å². The molecule has 2 nitrogen and oxygen atoms in total. The average molecular weight is 201 g/mol. The second-order valence-electron chi connectivity index (χ2n) is 4.50. The first-order valence-electron chi connectivity index (χ1n) is 5.77. The number of fused-ring (bicyclic) bond motifs is 2. The molecule has 0 aromatic heterocycles. The Hall–Kier alpha value is -1.31. The van der Waals surface area contributed by atoms with Gasteiger partial charge >= 0.3 is 0 Å². The summed E-state index contributed by atoms with van der Waals surface area (Å²) in [5.41, 5.74) is 6.90. The van der Waals surface area contributed by atoms with E-state index in [9.17, 15) is 4.79 Å². The fraction of sp³-hybridized carbons (Fsp3) is 0.462. The second-order valence-corrected chi connectivity index (χ2v) is 4.50. The first-order chi connectivity index (χ1) is 7.40. The molecule has 0 radical (unpaired) electrons. The minimum absolute atomic E-state index is 0.826. The van der Waals surface area contributed by atoms with Crippen molar-refractivity contribution in [3.05, 3.63) is 28.3 Å². The van der Waals surface area contributed by atoms with E-state index in [0.717, 1.165) is 24.9 Å². The Labute approximate surface area is 89.7 Å². The largest absolute Gasteiger partial charge is 0.328 e. The minimum Gasteiger partial charge on any atom is -0.328 e. The molecule has 0 unspecified atom stereocenters. The van der Waals surface area contributed by atoms with E-state index < -0.39 is 0 Å². The van der Waals surface area contributed by atoms with Crippen molar-refractivity contribution in [2.45, 2.75) is 38.5 Å². The minimum atomic E-state index is 0.826. The van der Waals surface area contributed by atoms with E-state index in [1.807, 2.05) is 0 Å². The molecule has 0 spiro atoms. The van der Waals surface area contributed by atoms with Crippen LogP contribution in [0.5, 0.6) is 0 Å². The van der Waals surface area contributed by atoms with E-state index in [2.05, 4.69) is 11.4 Å². The zero-order valence-corrected chi connectivity index (χ0v) is 8.81. The molecule has 15 heavy (non-hydrogen) atoms. The molecule has 3 rings (SSSR count). The van der Waals surface area contributed by atoms with Gasteiger partial charge in [-0.1, -0.05) is 6.07 Å². The van der Waals surface area contributed by atoms with Crippen LogP contribution in [0.1, 0.15) is 35.1 Å². The molecule has 0 fully saturated rings. The van der Waals surface area contributed by atoms with Gasteiger partial charge in [-0.25, -0.2) is 0 Å². The van der Waals surface area contributed by atoms with Crippen LogP contribution >= 0.6 is 0 Å². The molecule has 2 aliphatic carbocycles. The highest BCUT2D eigenvalue weighted by atomic mass is 16.1. The van der Waals surface area contributed by atoms with Gasteiger partial charge in [-0.05, 0) is 60.8 Å². The van der Waals surface area contributed by atoms with Gasteiger partial charge in [0.2, 0.25) is 6.41 Å². The molecule has 2 aliphatic rings. The van der Waals surface area contributed by atoms with Crippen molar-refractivity contribution >= 4 is 12.1 Å². The van der Waals surface area contributed by atoms with Gasteiger partial charge in [0.05, 0.1) is 0 Å². The monoisotopic (exact) mass is 201 g/mol. The van der Waals surface area contributed by atoms with Crippen LogP contribution in [-0.4, -0.2) is 6.41 Å². The number of benzene rings is 1. The fourth-order valence-electron chi connectivity index (χ4n) is 3.05. The quantitative estimate of drug-likeness (QED) is 0.730. The second kappa shape index (κ2) is 3.37. The zero-order valence-electron chi connectivity index (χ0n) is 8.81. The number of rotatable bonds is 2. The van der Waals surface area contributed by atoms with Gasteiger partial charge < -0.3 is 5.32 Å². The summed E-state index contributed by atoms with van der Waals surface area (Å²) in [6.07, 6.45) is 7.97. The Balaban J connectivity index is 2.19. The lowest BCUT2D eigenvalue weighted by Crippen LogP contribution is -2.03. The molecule has 1 aromatic rings. The van der Waals surface area contributed by atoms with E-state index in [0.29, 0.717) is 0 Å². The van der Waals surface area contributed by atoms with Crippen LogP contribution in [0.15, 0.2) is 6.07 Å². The Morgan fingerprint density at radius 2 is 1.60 bits per heavy atom. The highest BCUT2D eigenvalue weighted by Crippen LogP contribution is 2.38. The lowest BCUT2D eigenvalue weighted by Gasteiger charge is -2.13. The zero-order chi connectivity index (χ0) is 10.3. The van der Waals surface area contributed by atoms with Crippen LogP contribution in [-0.2, 0) is 30.5 Å². The van der Waals surface area contributed by atoms with Crippen LogP contribution in [0, 0.1) is 0 Å². The third-order valence-electron chi connectivity index (χ3n) is 3.68.